The summed E-state index contributed by atoms with van der Waals surface area (Å²) in [5.74, 6) is 1.57. The van der Waals surface area contributed by atoms with E-state index >= 15 is 0 Å². The normalized spacial score (nSPS) is 11.9. The SMILES string of the molecule is CCC(CNC(=O)c1cccnc1SCc1cc(C)on1)c1ccccc1. The minimum Gasteiger partial charge on any atom is -0.361 e. The number of nitrogens with zero attached hydrogens (tertiary/aromatic N) is 2. The predicted molar refractivity (Wildman–Crippen MR) is 107 cm³/mol. The molecule has 0 spiro atoms. The van der Waals surface area contributed by atoms with Crippen molar-refractivity contribution in [1.29, 1.82) is 0 Å². The standard InChI is InChI=1S/C21H23N3O2S/c1-3-16(17-8-5-4-6-9-17)13-23-20(25)19-10-7-11-22-21(19)27-14-18-12-15(2)26-24-18/h4-12,16H,3,13-14H2,1-2H3,(H,23,25). The Morgan fingerprint density at radius 2 is 2.04 bits per heavy atom. The molecule has 140 valence electrons. The quantitative estimate of drug-likeness (QED) is 0.578. The summed E-state index contributed by atoms with van der Waals surface area (Å²) in [5, 5.41) is 7.75. The predicted octanol–water partition coefficient (Wildman–Crippen LogP) is 4.59. The second kappa shape index (κ2) is 9.37. The monoisotopic (exact) mass is 381 g/mol. The molecule has 1 atom stereocenters. The highest BCUT2D eigenvalue weighted by Gasteiger charge is 2.16. The minimum absolute atomic E-state index is 0.101. The van der Waals surface area contributed by atoms with E-state index in [2.05, 4.69) is 34.5 Å². The van der Waals surface area contributed by atoms with Gasteiger partial charge in [0.1, 0.15) is 10.8 Å². The van der Waals surface area contributed by atoms with Crippen molar-refractivity contribution in [3.05, 3.63) is 77.3 Å². The molecule has 2 aromatic heterocycles. The van der Waals surface area contributed by atoms with Gasteiger partial charge in [-0.3, -0.25) is 4.79 Å². The van der Waals surface area contributed by atoms with E-state index < -0.39 is 0 Å². The van der Waals surface area contributed by atoms with Gasteiger partial charge >= 0.3 is 0 Å². The van der Waals surface area contributed by atoms with Crippen LogP contribution in [0.4, 0.5) is 0 Å². The van der Waals surface area contributed by atoms with Crippen LogP contribution in [0.5, 0.6) is 0 Å². The van der Waals surface area contributed by atoms with Gasteiger partial charge in [0.15, 0.2) is 0 Å². The van der Waals surface area contributed by atoms with Gasteiger partial charge in [-0.2, -0.15) is 0 Å². The second-order valence-corrected chi connectivity index (χ2v) is 7.26. The van der Waals surface area contributed by atoms with Crippen molar-refractivity contribution in [1.82, 2.24) is 15.5 Å². The third-order valence-corrected chi connectivity index (χ3v) is 5.36. The van der Waals surface area contributed by atoms with Crippen molar-refractivity contribution in [3.63, 3.8) is 0 Å². The number of thioether (sulfide) groups is 1. The number of carbonyl (C=O) groups excluding carboxylic acids is 1. The fraction of sp³-hybridized carbons (Fsp3) is 0.286. The Balaban J connectivity index is 1.64. The number of pyridine rings is 1. The maximum absolute atomic E-state index is 12.7. The molecule has 6 heteroatoms. The number of rotatable bonds is 8. The Hall–Kier alpha value is -2.60. The molecule has 0 bridgehead atoms. The van der Waals surface area contributed by atoms with Gasteiger partial charge < -0.3 is 9.84 Å². The number of aryl methyl sites for hydroxylation is 1. The van der Waals surface area contributed by atoms with Crippen molar-refractivity contribution < 1.29 is 9.32 Å². The smallest absolute Gasteiger partial charge is 0.254 e. The molecule has 0 aliphatic heterocycles. The third kappa shape index (κ3) is 5.20. The molecule has 0 saturated carbocycles. The summed E-state index contributed by atoms with van der Waals surface area (Å²) in [6.45, 7) is 4.59. The molecule has 1 unspecified atom stereocenters. The number of nitrogens with one attached hydrogen (secondary N) is 1. The van der Waals surface area contributed by atoms with Crippen LogP contribution >= 0.6 is 11.8 Å². The summed E-state index contributed by atoms with van der Waals surface area (Å²) in [5.41, 5.74) is 2.66. The number of aromatic nitrogens is 2. The van der Waals surface area contributed by atoms with Gasteiger partial charge in [-0.1, -0.05) is 54.2 Å². The van der Waals surface area contributed by atoms with Crippen molar-refractivity contribution in [2.45, 2.75) is 37.0 Å². The van der Waals surface area contributed by atoms with Gasteiger partial charge in [0.25, 0.3) is 5.91 Å². The Kier molecular flexibility index (Phi) is 6.65. The first-order valence-electron chi connectivity index (χ1n) is 9.00. The molecule has 1 aromatic carbocycles. The van der Waals surface area contributed by atoms with Crippen LogP contribution in [0.3, 0.4) is 0 Å². The molecule has 2 heterocycles. The van der Waals surface area contributed by atoms with Gasteiger partial charge in [-0.25, -0.2) is 4.98 Å². The van der Waals surface area contributed by atoms with Gasteiger partial charge in [0.05, 0.1) is 11.3 Å². The van der Waals surface area contributed by atoms with E-state index in [0.29, 0.717) is 28.8 Å². The minimum atomic E-state index is -0.101. The molecule has 3 aromatic rings. The van der Waals surface area contributed by atoms with Crippen LogP contribution in [0.2, 0.25) is 0 Å². The molecule has 1 amide bonds. The third-order valence-electron chi connectivity index (χ3n) is 4.32. The first-order valence-corrected chi connectivity index (χ1v) is 9.99. The zero-order valence-electron chi connectivity index (χ0n) is 15.5. The maximum atomic E-state index is 12.7. The highest BCUT2D eigenvalue weighted by molar-refractivity contribution is 7.98. The molecule has 1 N–H and O–H groups in total. The van der Waals surface area contributed by atoms with E-state index in [1.54, 1.807) is 12.3 Å². The molecule has 3 rings (SSSR count). The van der Waals surface area contributed by atoms with Gasteiger partial charge in [-0.15, -0.1) is 0 Å². The average Bonchev–Trinajstić information content (AvgIpc) is 3.13. The van der Waals surface area contributed by atoms with Crippen molar-refractivity contribution in [2.24, 2.45) is 0 Å². The lowest BCUT2D eigenvalue weighted by Gasteiger charge is -2.16. The average molecular weight is 382 g/mol. The fourth-order valence-electron chi connectivity index (χ4n) is 2.84. The van der Waals surface area contributed by atoms with Gasteiger partial charge in [-0.05, 0) is 31.0 Å². The summed E-state index contributed by atoms with van der Waals surface area (Å²) in [6, 6.07) is 15.8. The van der Waals surface area contributed by atoms with E-state index in [1.165, 1.54) is 17.3 Å². The van der Waals surface area contributed by atoms with Gasteiger partial charge in [0.2, 0.25) is 0 Å². The summed E-state index contributed by atoms with van der Waals surface area (Å²) in [6.07, 6.45) is 2.66. The first kappa shape index (κ1) is 19.2. The number of amides is 1. The molecule has 0 saturated heterocycles. The summed E-state index contributed by atoms with van der Waals surface area (Å²) >= 11 is 1.48. The van der Waals surface area contributed by atoms with Crippen molar-refractivity contribution in [2.75, 3.05) is 6.54 Å². The Morgan fingerprint density at radius 3 is 2.74 bits per heavy atom. The fourth-order valence-corrected chi connectivity index (χ4v) is 3.71. The van der Waals surface area contributed by atoms with Crippen LogP contribution in [-0.2, 0) is 5.75 Å². The van der Waals surface area contributed by atoms with Crippen molar-refractivity contribution in [3.8, 4) is 0 Å². The molecule has 0 aliphatic carbocycles. The summed E-state index contributed by atoms with van der Waals surface area (Å²) in [4.78, 5) is 17.1. The van der Waals surface area contributed by atoms with E-state index in [1.807, 2.05) is 37.3 Å². The zero-order valence-corrected chi connectivity index (χ0v) is 16.3. The first-order chi connectivity index (χ1) is 13.2. The lowest BCUT2D eigenvalue weighted by atomic mass is 9.96. The highest BCUT2D eigenvalue weighted by atomic mass is 32.2. The van der Waals surface area contributed by atoms with Crippen LogP contribution in [0, 0.1) is 6.92 Å². The van der Waals surface area contributed by atoms with Gasteiger partial charge in [0, 0.05) is 30.5 Å². The van der Waals surface area contributed by atoms with E-state index in [0.717, 1.165) is 17.9 Å². The highest BCUT2D eigenvalue weighted by Crippen LogP contribution is 2.24. The Labute approximate surface area is 163 Å². The van der Waals surface area contributed by atoms with Crippen LogP contribution in [0.1, 0.15) is 46.6 Å². The molecular weight excluding hydrogens is 358 g/mol. The lowest BCUT2D eigenvalue weighted by molar-refractivity contribution is 0.0947. The molecule has 5 nitrogen and oxygen atoms in total. The topological polar surface area (TPSA) is 68.0 Å². The van der Waals surface area contributed by atoms with Crippen molar-refractivity contribution >= 4 is 17.7 Å². The van der Waals surface area contributed by atoms with E-state index in [4.69, 9.17) is 4.52 Å². The van der Waals surface area contributed by atoms with E-state index in [9.17, 15) is 4.79 Å². The van der Waals surface area contributed by atoms with Crippen LogP contribution in [-0.4, -0.2) is 22.6 Å². The largest absolute Gasteiger partial charge is 0.361 e. The van der Waals surface area contributed by atoms with Crippen LogP contribution in [0.15, 0.2) is 64.3 Å². The van der Waals surface area contributed by atoms with Crippen LogP contribution in [0.25, 0.3) is 0 Å². The molecule has 27 heavy (non-hydrogen) atoms. The number of hydrogen-bond donors (Lipinski definition) is 1. The Bertz CT molecular complexity index is 880. The number of hydrogen-bond acceptors (Lipinski definition) is 5. The summed E-state index contributed by atoms with van der Waals surface area (Å²) in [7, 11) is 0. The number of benzene rings is 1. The molecule has 0 aliphatic rings. The molecular formula is C21H23N3O2S. The number of carbonyl (C=O) groups is 1. The maximum Gasteiger partial charge on any atom is 0.254 e. The molecule has 0 fully saturated rings. The summed E-state index contributed by atoms with van der Waals surface area (Å²) < 4.78 is 5.09. The van der Waals surface area contributed by atoms with Crippen LogP contribution < -0.4 is 5.32 Å². The Morgan fingerprint density at radius 1 is 1.22 bits per heavy atom. The zero-order chi connectivity index (χ0) is 19.1. The molecule has 0 radical (unpaired) electrons. The second-order valence-electron chi connectivity index (χ2n) is 6.30. The van der Waals surface area contributed by atoms with E-state index in [-0.39, 0.29) is 5.91 Å². The lowest BCUT2D eigenvalue weighted by Crippen LogP contribution is -2.28.